The molecule has 1 aliphatic carbocycles. The number of hydrogen-bond donors (Lipinski definition) is 0. The van der Waals surface area contributed by atoms with Crippen molar-refractivity contribution in [2.24, 2.45) is 16.1 Å². The number of benzene rings is 3. The summed E-state index contributed by atoms with van der Waals surface area (Å²) in [4.78, 5) is 27.5. The predicted molar refractivity (Wildman–Crippen MR) is 129 cm³/mol. The first-order valence-corrected chi connectivity index (χ1v) is 11.3. The van der Waals surface area contributed by atoms with E-state index < -0.39 is 23.3 Å². The lowest BCUT2D eigenvalue weighted by Crippen LogP contribution is -2.53. The Kier molecular flexibility index (Phi) is 5.67. The van der Waals surface area contributed by atoms with Gasteiger partial charge in [-0.3, -0.25) is 9.59 Å². The Labute approximate surface area is 202 Å². The molecular weight excluding hydrogens is 448 g/mol. The van der Waals surface area contributed by atoms with Crippen molar-refractivity contribution in [1.29, 1.82) is 0 Å². The summed E-state index contributed by atoms with van der Waals surface area (Å²) >= 11 is 0. The van der Waals surface area contributed by atoms with Crippen LogP contribution in [0, 0.1) is 5.92 Å². The summed E-state index contributed by atoms with van der Waals surface area (Å²) in [6.07, 6.45) is 0.332. The van der Waals surface area contributed by atoms with Crippen LogP contribution in [0.1, 0.15) is 33.8 Å². The molecule has 1 heterocycles. The Morgan fingerprint density at radius 1 is 0.971 bits per heavy atom. The summed E-state index contributed by atoms with van der Waals surface area (Å²) in [5.41, 5.74) is 0.670. The van der Waals surface area contributed by atoms with Gasteiger partial charge in [0.1, 0.15) is 5.92 Å². The molecule has 2 aliphatic rings. The van der Waals surface area contributed by atoms with Crippen molar-refractivity contribution in [3.63, 3.8) is 0 Å². The average molecular weight is 475 g/mol. The van der Waals surface area contributed by atoms with Gasteiger partial charge in [-0.25, -0.2) is 0 Å². The van der Waals surface area contributed by atoms with Gasteiger partial charge in [-0.05, 0) is 34.0 Å². The molecule has 0 saturated heterocycles. The quantitative estimate of drug-likeness (QED) is 0.503. The minimum atomic E-state index is -1.34. The summed E-state index contributed by atoms with van der Waals surface area (Å²) in [5, 5.41) is 10.4. The van der Waals surface area contributed by atoms with E-state index in [0.717, 1.165) is 21.9 Å². The third-order valence-electron chi connectivity index (χ3n) is 7.11. The number of methoxy groups -OCH3 is 4. The van der Waals surface area contributed by atoms with Gasteiger partial charge in [0.2, 0.25) is 5.75 Å². The molecule has 0 radical (unpaired) electrons. The number of nitrogens with zero attached hydrogens (tertiary/aromatic N) is 2. The van der Waals surface area contributed by atoms with Gasteiger partial charge in [0.05, 0.1) is 35.0 Å². The molecule has 0 amide bonds. The molecule has 180 valence electrons. The van der Waals surface area contributed by atoms with Crippen LogP contribution in [0.4, 0.5) is 0 Å². The smallest absolute Gasteiger partial charge is 0.312 e. The Morgan fingerprint density at radius 2 is 1.69 bits per heavy atom. The maximum atomic E-state index is 14.0. The van der Waals surface area contributed by atoms with Crippen LogP contribution in [0.25, 0.3) is 10.8 Å². The minimum absolute atomic E-state index is 0.210. The molecule has 0 fully saturated rings. The van der Waals surface area contributed by atoms with E-state index in [2.05, 4.69) is 10.2 Å². The molecule has 3 aromatic rings. The lowest BCUT2D eigenvalue weighted by molar-refractivity contribution is -0.148. The molecule has 3 aromatic carbocycles. The molecule has 8 nitrogen and oxygen atoms in total. The van der Waals surface area contributed by atoms with Gasteiger partial charge in [-0.15, -0.1) is 0 Å². The molecule has 0 bridgehead atoms. The van der Waals surface area contributed by atoms with E-state index in [4.69, 9.17) is 18.9 Å². The first-order valence-electron chi connectivity index (χ1n) is 11.3. The fraction of sp³-hybridized carbons (Fsp3) is 0.333. The summed E-state index contributed by atoms with van der Waals surface area (Å²) in [6.45, 7) is 0.365. The fourth-order valence-corrected chi connectivity index (χ4v) is 5.57. The van der Waals surface area contributed by atoms with Crippen LogP contribution in [0.3, 0.4) is 0 Å². The summed E-state index contributed by atoms with van der Waals surface area (Å²) in [6, 6.07) is 15.2. The number of ether oxygens (including phenoxy) is 4. The molecule has 1 aliphatic heterocycles. The number of hydrogen-bond acceptors (Lipinski definition) is 8. The summed E-state index contributed by atoms with van der Waals surface area (Å²) in [7, 11) is 5.95. The molecule has 0 N–H and O–H groups in total. The van der Waals surface area contributed by atoms with Gasteiger partial charge < -0.3 is 18.9 Å². The molecule has 0 saturated carbocycles. The predicted octanol–water partition coefficient (Wildman–Crippen LogP) is 4.58. The number of azo groups is 1. The van der Waals surface area contributed by atoms with Crippen molar-refractivity contribution in [3.05, 3.63) is 65.2 Å². The SMILES string of the molecule is COC(=O)[C@H]1[C@H](c2cc(OC)c(OC)c(OC)c2)c2c(ccc3ccccc23)C(=O)[C@]12CCN=N2. The maximum Gasteiger partial charge on any atom is 0.312 e. The number of esters is 1. The van der Waals surface area contributed by atoms with E-state index >= 15 is 0 Å². The van der Waals surface area contributed by atoms with Crippen LogP contribution in [0.5, 0.6) is 17.2 Å². The van der Waals surface area contributed by atoms with Crippen molar-refractivity contribution in [3.8, 4) is 17.2 Å². The molecule has 35 heavy (non-hydrogen) atoms. The largest absolute Gasteiger partial charge is 0.493 e. The van der Waals surface area contributed by atoms with Crippen molar-refractivity contribution in [1.82, 2.24) is 0 Å². The van der Waals surface area contributed by atoms with Crippen LogP contribution < -0.4 is 14.2 Å². The van der Waals surface area contributed by atoms with Crippen LogP contribution >= 0.6 is 0 Å². The van der Waals surface area contributed by atoms with E-state index in [1.807, 2.05) is 48.5 Å². The van der Waals surface area contributed by atoms with Crippen LogP contribution in [-0.4, -0.2) is 52.3 Å². The standard InChI is InChI=1S/C27H26N2O6/c1-32-19-13-16(14-20(33-2)24(19)34-3)21-22-17-8-6-5-7-15(17)9-10-18(22)25(30)27(11-12-28-29-27)23(21)26(31)35-4/h5-10,13-14,21,23H,11-12H2,1-4H3/t21-,23-,27+/m1/s1. The van der Waals surface area contributed by atoms with Crippen LogP contribution in [0.2, 0.25) is 0 Å². The van der Waals surface area contributed by atoms with Gasteiger partial charge in [0.15, 0.2) is 22.8 Å². The van der Waals surface area contributed by atoms with E-state index in [0.29, 0.717) is 35.8 Å². The normalized spacial score (nSPS) is 22.8. The third-order valence-corrected chi connectivity index (χ3v) is 7.11. The Bertz CT molecular complexity index is 1340. The zero-order chi connectivity index (χ0) is 24.7. The molecular formula is C27H26N2O6. The number of ketones is 1. The zero-order valence-corrected chi connectivity index (χ0v) is 20.0. The number of carbonyl (C=O) groups is 2. The first kappa shape index (κ1) is 22.8. The molecule has 1 spiro atoms. The molecule has 5 rings (SSSR count). The van der Waals surface area contributed by atoms with Crippen molar-refractivity contribution in [2.75, 3.05) is 35.0 Å². The first-order chi connectivity index (χ1) is 17.0. The number of carbonyl (C=O) groups excluding carboxylic acids is 2. The Balaban J connectivity index is 1.90. The second-order valence-corrected chi connectivity index (χ2v) is 8.65. The Hall–Kier alpha value is -3.94. The molecule has 8 heteroatoms. The monoisotopic (exact) mass is 474 g/mol. The lowest BCUT2D eigenvalue weighted by Gasteiger charge is -2.42. The van der Waals surface area contributed by atoms with Gasteiger partial charge in [-0.1, -0.05) is 36.4 Å². The fourth-order valence-electron chi connectivity index (χ4n) is 5.57. The second-order valence-electron chi connectivity index (χ2n) is 8.65. The van der Waals surface area contributed by atoms with Crippen molar-refractivity contribution >= 4 is 22.5 Å². The van der Waals surface area contributed by atoms with Gasteiger partial charge >= 0.3 is 5.97 Å². The number of Topliss-reactive ketones (excluding diaryl/α,β-unsaturated/α-hetero) is 1. The highest BCUT2D eigenvalue weighted by atomic mass is 16.5. The third kappa shape index (κ3) is 3.27. The number of rotatable bonds is 5. The van der Waals surface area contributed by atoms with Crippen LogP contribution in [0.15, 0.2) is 58.8 Å². The lowest BCUT2D eigenvalue weighted by atomic mass is 9.60. The van der Waals surface area contributed by atoms with Gasteiger partial charge in [0.25, 0.3) is 0 Å². The van der Waals surface area contributed by atoms with Crippen LogP contribution in [-0.2, 0) is 9.53 Å². The Morgan fingerprint density at radius 3 is 2.29 bits per heavy atom. The maximum absolute atomic E-state index is 14.0. The van der Waals surface area contributed by atoms with Gasteiger partial charge in [-0.2, -0.15) is 10.2 Å². The molecule has 0 aromatic heterocycles. The van der Waals surface area contributed by atoms with Gasteiger partial charge in [0, 0.05) is 17.9 Å². The molecule has 3 atom stereocenters. The molecule has 0 unspecified atom stereocenters. The topological polar surface area (TPSA) is 95.8 Å². The number of fused-ring (bicyclic) bond motifs is 3. The minimum Gasteiger partial charge on any atom is -0.493 e. The summed E-state index contributed by atoms with van der Waals surface area (Å²) < 4.78 is 22.0. The van der Waals surface area contributed by atoms with Crippen molar-refractivity contribution in [2.45, 2.75) is 17.9 Å². The average Bonchev–Trinajstić information content (AvgIpc) is 3.39. The van der Waals surface area contributed by atoms with Crippen molar-refractivity contribution < 1.29 is 28.5 Å². The van der Waals surface area contributed by atoms with E-state index in [9.17, 15) is 9.59 Å². The highest BCUT2D eigenvalue weighted by Gasteiger charge is 2.60. The van der Waals surface area contributed by atoms with E-state index in [1.54, 1.807) is 14.2 Å². The highest BCUT2D eigenvalue weighted by molar-refractivity contribution is 6.12. The van der Waals surface area contributed by atoms with E-state index in [-0.39, 0.29) is 5.78 Å². The highest BCUT2D eigenvalue weighted by Crippen LogP contribution is 2.54. The van der Waals surface area contributed by atoms with E-state index in [1.165, 1.54) is 14.2 Å². The zero-order valence-electron chi connectivity index (χ0n) is 20.0. The summed E-state index contributed by atoms with van der Waals surface area (Å²) in [5.74, 6) is -0.888. The second kappa shape index (κ2) is 8.69.